The first-order chi connectivity index (χ1) is 10.8. The summed E-state index contributed by atoms with van der Waals surface area (Å²) in [5.74, 6) is -0.692. The van der Waals surface area contributed by atoms with Crippen molar-refractivity contribution in [3.8, 4) is 11.3 Å². The molecule has 2 amide bonds. The van der Waals surface area contributed by atoms with E-state index in [1.54, 1.807) is 6.92 Å². The van der Waals surface area contributed by atoms with Crippen molar-refractivity contribution < 1.29 is 22.4 Å². The number of halogens is 4. The molecule has 0 saturated heterocycles. The molecule has 0 unspecified atom stereocenters. The molecule has 23 heavy (non-hydrogen) atoms. The molecule has 2 rings (SSSR count). The van der Waals surface area contributed by atoms with Crippen LogP contribution >= 0.6 is 0 Å². The number of hydrogen-bond acceptors (Lipinski definition) is 3. The van der Waals surface area contributed by atoms with Gasteiger partial charge in [0.2, 0.25) is 0 Å². The Morgan fingerprint density at radius 2 is 2.00 bits per heavy atom. The summed E-state index contributed by atoms with van der Waals surface area (Å²) in [6, 6.07) is 2.55. The molecule has 0 aromatic carbocycles. The smallest absolute Gasteiger partial charge is 0.338 e. The van der Waals surface area contributed by atoms with Crippen LogP contribution in [-0.4, -0.2) is 22.5 Å². The number of aromatic nitrogens is 2. The minimum Gasteiger partial charge on any atom is -0.338 e. The van der Waals surface area contributed by atoms with Crippen LogP contribution in [0.5, 0.6) is 0 Å². The van der Waals surface area contributed by atoms with Crippen LogP contribution in [0.2, 0.25) is 0 Å². The van der Waals surface area contributed by atoms with E-state index in [9.17, 15) is 22.4 Å². The topological polar surface area (TPSA) is 66.9 Å². The third-order valence-electron chi connectivity index (χ3n) is 2.75. The van der Waals surface area contributed by atoms with Gasteiger partial charge in [0.15, 0.2) is 5.69 Å². The first-order valence-corrected chi connectivity index (χ1v) is 6.55. The number of nitrogens with one attached hydrogen (secondary N) is 2. The number of rotatable bonds is 3. The van der Waals surface area contributed by atoms with Gasteiger partial charge in [0, 0.05) is 18.3 Å². The van der Waals surface area contributed by atoms with Crippen molar-refractivity contribution in [3.05, 3.63) is 42.1 Å². The van der Waals surface area contributed by atoms with Gasteiger partial charge < -0.3 is 10.6 Å². The molecule has 0 aliphatic rings. The molecule has 5 nitrogen and oxygen atoms in total. The van der Waals surface area contributed by atoms with Gasteiger partial charge in [0.1, 0.15) is 5.82 Å². The molecule has 0 radical (unpaired) electrons. The molecule has 2 heterocycles. The highest BCUT2D eigenvalue weighted by molar-refractivity contribution is 5.90. The number of amides is 2. The Hall–Kier alpha value is -2.71. The third kappa shape index (κ3) is 4.15. The summed E-state index contributed by atoms with van der Waals surface area (Å²) in [7, 11) is 0. The number of urea groups is 1. The molecule has 2 N–H and O–H groups in total. The number of nitrogens with zero attached hydrogens (tertiary/aromatic N) is 2. The first-order valence-electron chi connectivity index (χ1n) is 6.55. The van der Waals surface area contributed by atoms with Crippen molar-refractivity contribution in [3.63, 3.8) is 0 Å². The van der Waals surface area contributed by atoms with Crippen LogP contribution in [0.1, 0.15) is 12.6 Å². The average Bonchev–Trinajstić information content (AvgIpc) is 2.46. The molecule has 0 spiro atoms. The van der Waals surface area contributed by atoms with Crippen LogP contribution < -0.4 is 10.6 Å². The molecule has 0 fully saturated rings. The van der Waals surface area contributed by atoms with Gasteiger partial charge in [-0.1, -0.05) is 0 Å². The van der Waals surface area contributed by atoms with Gasteiger partial charge in [0.25, 0.3) is 0 Å². The summed E-state index contributed by atoms with van der Waals surface area (Å²) >= 11 is 0. The van der Waals surface area contributed by atoms with Crippen LogP contribution in [0, 0.1) is 5.82 Å². The zero-order valence-electron chi connectivity index (χ0n) is 11.9. The fourth-order valence-corrected chi connectivity index (χ4v) is 1.82. The van der Waals surface area contributed by atoms with Crippen molar-refractivity contribution >= 4 is 11.7 Å². The molecule has 0 atom stereocenters. The van der Waals surface area contributed by atoms with Crippen molar-refractivity contribution in [2.75, 3.05) is 11.9 Å². The maximum Gasteiger partial charge on any atom is 0.435 e. The van der Waals surface area contributed by atoms with Crippen molar-refractivity contribution in [2.24, 2.45) is 0 Å². The molecule has 0 saturated carbocycles. The number of alkyl halides is 3. The second-order valence-corrected chi connectivity index (χ2v) is 4.47. The third-order valence-corrected chi connectivity index (χ3v) is 2.75. The summed E-state index contributed by atoms with van der Waals surface area (Å²) in [5, 5.41) is 4.41. The minimum atomic E-state index is -4.79. The molecule has 9 heteroatoms. The lowest BCUT2D eigenvalue weighted by Crippen LogP contribution is -2.29. The van der Waals surface area contributed by atoms with Crippen molar-refractivity contribution in [2.45, 2.75) is 13.1 Å². The number of anilines is 1. The molecule has 0 bridgehead atoms. The van der Waals surface area contributed by atoms with E-state index in [-0.39, 0.29) is 17.8 Å². The SMILES string of the molecule is CCNC(=O)Nc1ccc(-c2cncc(F)c2)nc1C(F)(F)F. The zero-order valence-corrected chi connectivity index (χ0v) is 11.9. The average molecular weight is 328 g/mol. The quantitative estimate of drug-likeness (QED) is 0.848. The van der Waals surface area contributed by atoms with E-state index < -0.39 is 29.4 Å². The lowest BCUT2D eigenvalue weighted by atomic mass is 10.1. The predicted octanol–water partition coefficient (Wildman–Crippen LogP) is 3.44. The maximum absolute atomic E-state index is 13.1. The van der Waals surface area contributed by atoms with Crippen LogP contribution in [-0.2, 0) is 6.18 Å². The lowest BCUT2D eigenvalue weighted by Gasteiger charge is -2.14. The first kappa shape index (κ1) is 16.7. The van der Waals surface area contributed by atoms with Gasteiger partial charge in [-0.25, -0.2) is 14.2 Å². The largest absolute Gasteiger partial charge is 0.435 e. The van der Waals surface area contributed by atoms with Gasteiger partial charge in [-0.15, -0.1) is 0 Å². The van der Waals surface area contributed by atoms with Gasteiger partial charge in [0.05, 0.1) is 17.6 Å². The Bertz CT molecular complexity index is 718. The Morgan fingerprint density at radius 1 is 1.26 bits per heavy atom. The van der Waals surface area contributed by atoms with Crippen LogP contribution in [0.15, 0.2) is 30.6 Å². The number of carbonyl (C=O) groups is 1. The highest BCUT2D eigenvalue weighted by atomic mass is 19.4. The van der Waals surface area contributed by atoms with Gasteiger partial charge >= 0.3 is 12.2 Å². The van der Waals surface area contributed by atoms with E-state index in [4.69, 9.17) is 0 Å². The molecule has 2 aromatic rings. The van der Waals surface area contributed by atoms with E-state index in [0.717, 1.165) is 18.3 Å². The summed E-state index contributed by atoms with van der Waals surface area (Å²) in [6.07, 6.45) is -2.66. The molecular formula is C14H12F4N4O. The van der Waals surface area contributed by atoms with Crippen LogP contribution in [0.25, 0.3) is 11.3 Å². The molecular weight excluding hydrogens is 316 g/mol. The molecule has 2 aromatic heterocycles. The Morgan fingerprint density at radius 3 is 2.61 bits per heavy atom. The summed E-state index contributed by atoms with van der Waals surface area (Å²) in [4.78, 5) is 18.5. The Kier molecular flexibility index (Phi) is 4.77. The minimum absolute atomic E-state index is 0.0973. The normalized spacial score (nSPS) is 11.2. The van der Waals surface area contributed by atoms with E-state index in [1.807, 2.05) is 0 Å². The highest BCUT2D eigenvalue weighted by Gasteiger charge is 2.36. The Balaban J connectivity index is 2.44. The summed E-state index contributed by atoms with van der Waals surface area (Å²) in [5.41, 5.74) is -1.77. The number of carbonyl (C=O) groups excluding carboxylic acids is 1. The second kappa shape index (κ2) is 6.59. The maximum atomic E-state index is 13.1. The Labute approximate surface area is 128 Å². The summed E-state index contributed by atoms with van der Waals surface area (Å²) < 4.78 is 52.6. The van der Waals surface area contributed by atoms with Gasteiger partial charge in [-0.2, -0.15) is 13.2 Å². The van der Waals surface area contributed by atoms with Crippen molar-refractivity contribution in [1.82, 2.24) is 15.3 Å². The molecule has 122 valence electrons. The van der Waals surface area contributed by atoms with Gasteiger partial charge in [-0.3, -0.25) is 4.98 Å². The highest BCUT2D eigenvalue weighted by Crippen LogP contribution is 2.35. The van der Waals surface area contributed by atoms with Crippen molar-refractivity contribution in [1.29, 1.82) is 0 Å². The molecule has 0 aliphatic heterocycles. The monoisotopic (exact) mass is 328 g/mol. The van der Waals surface area contributed by atoms with E-state index in [0.29, 0.717) is 0 Å². The standard InChI is InChI=1S/C14H12F4N4O/c1-2-20-13(23)22-11-4-3-10(21-12(11)14(16,17)18)8-5-9(15)7-19-6-8/h3-7H,2H2,1H3,(H2,20,22,23). The van der Waals surface area contributed by atoms with E-state index >= 15 is 0 Å². The zero-order chi connectivity index (χ0) is 17.0. The van der Waals surface area contributed by atoms with Crippen LogP contribution in [0.3, 0.4) is 0 Å². The summed E-state index contributed by atoms with van der Waals surface area (Å²) in [6.45, 7) is 1.89. The van der Waals surface area contributed by atoms with Gasteiger partial charge in [-0.05, 0) is 25.1 Å². The van der Waals surface area contributed by atoms with Crippen LogP contribution in [0.4, 0.5) is 28.0 Å². The molecule has 0 aliphatic carbocycles. The number of pyridine rings is 2. The fourth-order valence-electron chi connectivity index (χ4n) is 1.82. The predicted molar refractivity (Wildman–Crippen MR) is 75.1 cm³/mol. The fraction of sp³-hybridized carbons (Fsp3) is 0.214. The van der Waals surface area contributed by atoms with E-state index in [1.165, 1.54) is 12.3 Å². The number of hydrogen-bond donors (Lipinski definition) is 2. The second-order valence-electron chi connectivity index (χ2n) is 4.47. The van der Waals surface area contributed by atoms with E-state index in [2.05, 4.69) is 20.6 Å². The lowest BCUT2D eigenvalue weighted by molar-refractivity contribution is -0.140.